The summed E-state index contributed by atoms with van der Waals surface area (Å²) in [6, 6.07) is 10.2. The van der Waals surface area contributed by atoms with Crippen LogP contribution in [0.15, 0.2) is 30.3 Å². The SMILES string of the molecule is CCCC(=O)OC[C@@H](O)CN(Cc1ccccc1)C[C@H]1CCCO1. The molecule has 1 saturated heterocycles. The lowest BCUT2D eigenvalue weighted by molar-refractivity contribution is -0.147. The number of aliphatic hydroxyl groups is 1. The van der Waals surface area contributed by atoms with Crippen LogP contribution in [0.25, 0.3) is 0 Å². The second-order valence-corrected chi connectivity index (χ2v) is 6.40. The lowest BCUT2D eigenvalue weighted by Gasteiger charge is -2.27. The first-order valence-electron chi connectivity index (χ1n) is 8.89. The van der Waals surface area contributed by atoms with Crippen LogP contribution in [0.2, 0.25) is 0 Å². The molecule has 134 valence electrons. The highest BCUT2D eigenvalue weighted by Crippen LogP contribution is 2.15. The Hall–Kier alpha value is -1.43. The fourth-order valence-corrected chi connectivity index (χ4v) is 2.94. The van der Waals surface area contributed by atoms with E-state index in [0.29, 0.717) is 13.0 Å². The molecule has 0 amide bonds. The fraction of sp³-hybridized carbons (Fsp3) is 0.632. The molecular weight excluding hydrogens is 306 g/mol. The maximum absolute atomic E-state index is 11.4. The third kappa shape index (κ3) is 6.99. The van der Waals surface area contributed by atoms with Crippen LogP contribution in [-0.2, 0) is 20.8 Å². The first-order valence-corrected chi connectivity index (χ1v) is 8.89. The number of esters is 1. The zero-order valence-corrected chi connectivity index (χ0v) is 14.5. The van der Waals surface area contributed by atoms with E-state index in [1.165, 1.54) is 5.56 Å². The van der Waals surface area contributed by atoms with E-state index in [0.717, 1.165) is 39.0 Å². The minimum Gasteiger partial charge on any atom is -0.463 e. The molecule has 1 aromatic rings. The van der Waals surface area contributed by atoms with Crippen LogP contribution < -0.4 is 0 Å². The van der Waals surface area contributed by atoms with Gasteiger partial charge in [0.15, 0.2) is 0 Å². The Kier molecular flexibility index (Phi) is 8.22. The van der Waals surface area contributed by atoms with Crippen LogP contribution in [-0.4, -0.2) is 54.5 Å². The van der Waals surface area contributed by atoms with Crippen LogP contribution in [0, 0.1) is 0 Å². The number of hydrogen-bond donors (Lipinski definition) is 1. The van der Waals surface area contributed by atoms with E-state index in [9.17, 15) is 9.90 Å². The summed E-state index contributed by atoms with van der Waals surface area (Å²) in [6.07, 6.45) is 2.86. The number of rotatable bonds is 10. The summed E-state index contributed by atoms with van der Waals surface area (Å²) in [7, 11) is 0. The maximum Gasteiger partial charge on any atom is 0.305 e. The van der Waals surface area contributed by atoms with Crippen LogP contribution in [0.3, 0.4) is 0 Å². The maximum atomic E-state index is 11.4. The van der Waals surface area contributed by atoms with Gasteiger partial charge < -0.3 is 14.6 Å². The summed E-state index contributed by atoms with van der Waals surface area (Å²) in [5, 5.41) is 10.2. The lowest BCUT2D eigenvalue weighted by atomic mass is 10.1. The molecule has 0 saturated carbocycles. The van der Waals surface area contributed by atoms with Crippen molar-refractivity contribution in [2.45, 2.75) is 51.4 Å². The van der Waals surface area contributed by atoms with Crippen molar-refractivity contribution in [3.05, 3.63) is 35.9 Å². The molecule has 0 unspecified atom stereocenters. The van der Waals surface area contributed by atoms with E-state index in [-0.39, 0.29) is 18.7 Å². The fourth-order valence-electron chi connectivity index (χ4n) is 2.94. The summed E-state index contributed by atoms with van der Waals surface area (Å²) in [5.74, 6) is -0.245. The molecule has 5 heteroatoms. The van der Waals surface area contributed by atoms with Gasteiger partial charge in [-0.05, 0) is 24.8 Å². The summed E-state index contributed by atoms with van der Waals surface area (Å²) in [4.78, 5) is 13.6. The Morgan fingerprint density at radius 3 is 2.88 bits per heavy atom. The van der Waals surface area contributed by atoms with Gasteiger partial charge in [0.25, 0.3) is 0 Å². The second-order valence-electron chi connectivity index (χ2n) is 6.40. The number of carbonyl (C=O) groups is 1. The largest absolute Gasteiger partial charge is 0.463 e. The molecule has 0 radical (unpaired) electrons. The van der Waals surface area contributed by atoms with Crippen LogP contribution in [0.1, 0.15) is 38.2 Å². The highest BCUT2D eigenvalue weighted by molar-refractivity contribution is 5.69. The zero-order chi connectivity index (χ0) is 17.2. The van der Waals surface area contributed by atoms with Crippen molar-refractivity contribution < 1.29 is 19.4 Å². The molecule has 1 heterocycles. The lowest BCUT2D eigenvalue weighted by Crippen LogP contribution is -2.39. The molecule has 5 nitrogen and oxygen atoms in total. The smallest absolute Gasteiger partial charge is 0.305 e. The highest BCUT2D eigenvalue weighted by Gasteiger charge is 2.21. The van der Waals surface area contributed by atoms with Crippen LogP contribution in [0.4, 0.5) is 0 Å². The Balaban J connectivity index is 1.85. The Morgan fingerprint density at radius 2 is 2.21 bits per heavy atom. The van der Waals surface area contributed by atoms with Gasteiger partial charge in [-0.15, -0.1) is 0 Å². The molecule has 0 spiro atoms. The van der Waals surface area contributed by atoms with Gasteiger partial charge in [-0.1, -0.05) is 37.3 Å². The van der Waals surface area contributed by atoms with Crippen molar-refractivity contribution in [1.82, 2.24) is 4.90 Å². The Labute approximate surface area is 144 Å². The monoisotopic (exact) mass is 335 g/mol. The van der Waals surface area contributed by atoms with Crippen LogP contribution in [0.5, 0.6) is 0 Å². The van der Waals surface area contributed by atoms with Gasteiger partial charge in [-0.3, -0.25) is 9.69 Å². The van der Waals surface area contributed by atoms with Crippen molar-refractivity contribution in [1.29, 1.82) is 0 Å². The molecule has 0 aromatic heterocycles. The van der Waals surface area contributed by atoms with Gasteiger partial charge in [-0.25, -0.2) is 0 Å². The van der Waals surface area contributed by atoms with E-state index in [4.69, 9.17) is 9.47 Å². The number of aliphatic hydroxyl groups excluding tert-OH is 1. The molecule has 1 aliphatic rings. The molecule has 0 bridgehead atoms. The predicted octanol–water partition coefficient (Wildman–Crippen LogP) is 2.37. The van der Waals surface area contributed by atoms with Gasteiger partial charge >= 0.3 is 5.97 Å². The molecule has 2 atom stereocenters. The minimum absolute atomic E-state index is 0.0512. The third-order valence-corrected chi connectivity index (χ3v) is 4.09. The average molecular weight is 335 g/mol. The van der Waals surface area contributed by atoms with Gasteiger partial charge in [0.2, 0.25) is 0 Å². The number of ether oxygens (including phenoxy) is 2. The van der Waals surface area contributed by atoms with Crippen molar-refractivity contribution in [3.8, 4) is 0 Å². The molecule has 0 aliphatic carbocycles. The van der Waals surface area contributed by atoms with Crippen molar-refractivity contribution >= 4 is 5.97 Å². The Morgan fingerprint density at radius 1 is 1.42 bits per heavy atom. The average Bonchev–Trinajstić information content (AvgIpc) is 3.07. The second kappa shape index (κ2) is 10.4. The highest BCUT2D eigenvalue weighted by atomic mass is 16.5. The zero-order valence-electron chi connectivity index (χ0n) is 14.5. The third-order valence-electron chi connectivity index (χ3n) is 4.09. The molecule has 24 heavy (non-hydrogen) atoms. The van der Waals surface area contributed by atoms with Gasteiger partial charge in [0.1, 0.15) is 12.7 Å². The van der Waals surface area contributed by atoms with E-state index in [1.54, 1.807) is 0 Å². The normalized spacial score (nSPS) is 18.7. The Bertz CT molecular complexity index is 474. The number of nitrogens with zero attached hydrogens (tertiary/aromatic N) is 1. The molecule has 1 aliphatic heterocycles. The molecule has 1 aromatic carbocycles. The quantitative estimate of drug-likeness (QED) is 0.665. The first kappa shape index (κ1) is 18.9. The summed E-state index contributed by atoms with van der Waals surface area (Å²) in [6.45, 7) is 4.81. The standard InChI is InChI=1S/C19H29NO4/c1-2-7-19(22)24-15-17(21)13-20(14-18-10-6-11-23-18)12-16-8-4-3-5-9-16/h3-5,8-9,17-18,21H,2,6-7,10-15H2,1H3/t17-,18+/m0/s1. The van der Waals surface area contributed by atoms with Gasteiger partial charge in [0.05, 0.1) is 6.10 Å². The number of benzene rings is 1. The molecule has 1 fully saturated rings. The number of carbonyl (C=O) groups excluding carboxylic acids is 1. The first-order chi connectivity index (χ1) is 11.7. The summed E-state index contributed by atoms with van der Waals surface area (Å²) >= 11 is 0. The van der Waals surface area contributed by atoms with E-state index >= 15 is 0 Å². The van der Waals surface area contributed by atoms with E-state index in [2.05, 4.69) is 17.0 Å². The molecule has 2 rings (SSSR count). The molecular formula is C19H29NO4. The predicted molar refractivity (Wildman–Crippen MR) is 92.6 cm³/mol. The van der Waals surface area contributed by atoms with Crippen LogP contribution >= 0.6 is 0 Å². The molecule has 1 N–H and O–H groups in total. The van der Waals surface area contributed by atoms with Crippen molar-refractivity contribution in [3.63, 3.8) is 0 Å². The summed E-state index contributed by atoms with van der Waals surface area (Å²) in [5.41, 5.74) is 1.20. The summed E-state index contributed by atoms with van der Waals surface area (Å²) < 4.78 is 10.8. The van der Waals surface area contributed by atoms with Gasteiger partial charge in [-0.2, -0.15) is 0 Å². The van der Waals surface area contributed by atoms with Crippen molar-refractivity contribution in [2.75, 3.05) is 26.3 Å². The topological polar surface area (TPSA) is 59.0 Å². The van der Waals surface area contributed by atoms with E-state index < -0.39 is 6.10 Å². The van der Waals surface area contributed by atoms with Crippen molar-refractivity contribution in [2.24, 2.45) is 0 Å². The van der Waals surface area contributed by atoms with Gasteiger partial charge in [0, 0.05) is 32.7 Å². The van der Waals surface area contributed by atoms with E-state index in [1.807, 2.05) is 25.1 Å². The number of hydrogen-bond acceptors (Lipinski definition) is 5. The minimum atomic E-state index is -0.684.